The predicted octanol–water partition coefficient (Wildman–Crippen LogP) is 3.94. The van der Waals surface area contributed by atoms with Gasteiger partial charge in [-0.05, 0) is 63.8 Å². The number of nitrogens with one attached hydrogen (secondary N) is 2. The summed E-state index contributed by atoms with van der Waals surface area (Å²) in [6, 6.07) is 10.7. The van der Waals surface area contributed by atoms with Crippen LogP contribution in [0.25, 0.3) is 5.65 Å². The fourth-order valence-electron chi connectivity index (χ4n) is 3.60. The molecule has 1 aromatic carbocycles. The third-order valence-corrected chi connectivity index (χ3v) is 4.99. The molecule has 0 aliphatic heterocycles. The van der Waals surface area contributed by atoms with E-state index in [2.05, 4.69) is 20.7 Å². The number of hydrogen-bond acceptors (Lipinski definition) is 6. The van der Waals surface area contributed by atoms with Gasteiger partial charge in [-0.1, -0.05) is 0 Å². The molecule has 0 atom stereocenters. The molecule has 3 aromatic rings. The zero-order chi connectivity index (χ0) is 19.5. The summed E-state index contributed by atoms with van der Waals surface area (Å²) in [5.41, 5.74) is 8.70. The van der Waals surface area contributed by atoms with Gasteiger partial charge in [-0.15, -0.1) is 5.10 Å². The quantitative estimate of drug-likeness (QED) is 0.600. The van der Waals surface area contributed by atoms with Gasteiger partial charge in [-0.3, -0.25) is 0 Å². The van der Waals surface area contributed by atoms with Crippen molar-refractivity contribution in [1.29, 1.82) is 0 Å². The number of ether oxygens (including phenoxy) is 1. The second-order valence-corrected chi connectivity index (χ2v) is 7.71. The number of aromatic nitrogens is 3. The highest BCUT2D eigenvalue weighted by Gasteiger charge is 2.19. The maximum absolute atomic E-state index is 6.02. The maximum Gasteiger partial charge on any atom is 0.177 e. The van der Waals surface area contributed by atoms with Crippen LogP contribution in [0.3, 0.4) is 0 Å². The van der Waals surface area contributed by atoms with Gasteiger partial charge in [0, 0.05) is 36.2 Å². The van der Waals surface area contributed by atoms with Gasteiger partial charge in [-0.25, -0.2) is 9.50 Å². The van der Waals surface area contributed by atoms with Gasteiger partial charge in [-0.2, -0.15) is 0 Å². The van der Waals surface area contributed by atoms with Crippen LogP contribution in [0.1, 0.15) is 39.5 Å². The van der Waals surface area contributed by atoms with Crippen molar-refractivity contribution in [2.75, 3.05) is 10.6 Å². The summed E-state index contributed by atoms with van der Waals surface area (Å²) in [6.07, 6.45) is 8.04. The molecule has 0 bridgehead atoms. The van der Waals surface area contributed by atoms with Crippen molar-refractivity contribution in [3.63, 3.8) is 0 Å². The van der Waals surface area contributed by atoms with Crippen molar-refractivity contribution in [3.8, 4) is 5.75 Å². The van der Waals surface area contributed by atoms with Gasteiger partial charge in [0.05, 0.1) is 11.8 Å². The SMILES string of the molecule is CC(C)Oc1ccc(Nc2cc(NC3CCC(N)CC3)nn3ccnc23)cc1. The highest BCUT2D eigenvalue weighted by molar-refractivity contribution is 5.75. The minimum absolute atomic E-state index is 0.159. The average molecular weight is 380 g/mol. The zero-order valence-electron chi connectivity index (χ0n) is 16.4. The molecule has 1 aliphatic carbocycles. The molecule has 7 nitrogen and oxygen atoms in total. The fourth-order valence-corrected chi connectivity index (χ4v) is 3.60. The van der Waals surface area contributed by atoms with Crippen LogP contribution in [0.15, 0.2) is 42.7 Å². The Balaban J connectivity index is 1.53. The van der Waals surface area contributed by atoms with Crippen molar-refractivity contribution in [2.24, 2.45) is 5.73 Å². The lowest BCUT2D eigenvalue weighted by Crippen LogP contribution is -2.33. The second-order valence-electron chi connectivity index (χ2n) is 7.71. The molecule has 0 unspecified atom stereocenters. The minimum Gasteiger partial charge on any atom is -0.491 e. The van der Waals surface area contributed by atoms with Crippen LogP contribution < -0.4 is 21.1 Å². The highest BCUT2D eigenvalue weighted by Crippen LogP contribution is 2.27. The van der Waals surface area contributed by atoms with E-state index >= 15 is 0 Å². The van der Waals surface area contributed by atoms with E-state index in [-0.39, 0.29) is 6.10 Å². The number of rotatable bonds is 6. The van der Waals surface area contributed by atoms with Crippen molar-refractivity contribution < 1.29 is 4.74 Å². The smallest absolute Gasteiger partial charge is 0.177 e. The molecule has 0 radical (unpaired) electrons. The highest BCUT2D eigenvalue weighted by atomic mass is 16.5. The lowest BCUT2D eigenvalue weighted by molar-refractivity contribution is 0.242. The standard InChI is InChI=1S/C21H28N6O/c1-14(2)28-18-9-7-16(8-10-18)24-19-13-20(26-27-12-11-23-21(19)27)25-17-5-3-15(22)4-6-17/h7-15,17,24H,3-6,22H2,1-2H3,(H,25,26). The lowest BCUT2D eigenvalue weighted by atomic mass is 9.92. The zero-order valence-corrected chi connectivity index (χ0v) is 16.4. The molecular formula is C21H28N6O. The summed E-state index contributed by atoms with van der Waals surface area (Å²) in [5.74, 6) is 1.70. The number of fused-ring (bicyclic) bond motifs is 1. The molecule has 4 N–H and O–H groups in total. The van der Waals surface area contributed by atoms with E-state index in [1.54, 1.807) is 10.7 Å². The first-order chi connectivity index (χ1) is 13.6. The van der Waals surface area contributed by atoms with E-state index in [1.165, 1.54) is 0 Å². The number of benzene rings is 1. The second kappa shape index (κ2) is 8.06. The lowest BCUT2D eigenvalue weighted by Gasteiger charge is -2.27. The summed E-state index contributed by atoms with van der Waals surface area (Å²) >= 11 is 0. The van der Waals surface area contributed by atoms with Crippen LogP contribution in [0.4, 0.5) is 17.2 Å². The molecule has 0 saturated heterocycles. The third kappa shape index (κ3) is 4.36. The maximum atomic E-state index is 6.02. The Labute approximate surface area is 165 Å². The first kappa shape index (κ1) is 18.6. The molecule has 2 heterocycles. The monoisotopic (exact) mass is 380 g/mol. The summed E-state index contributed by atoms with van der Waals surface area (Å²) in [6.45, 7) is 4.04. The van der Waals surface area contributed by atoms with Crippen LogP contribution in [-0.4, -0.2) is 32.8 Å². The Kier molecular flexibility index (Phi) is 5.34. The van der Waals surface area contributed by atoms with E-state index in [0.29, 0.717) is 12.1 Å². The summed E-state index contributed by atoms with van der Waals surface area (Å²) in [5, 5.41) is 11.7. The summed E-state index contributed by atoms with van der Waals surface area (Å²) in [7, 11) is 0. The molecule has 7 heteroatoms. The average Bonchev–Trinajstić information content (AvgIpc) is 3.14. The van der Waals surface area contributed by atoms with Gasteiger partial charge in [0.1, 0.15) is 11.6 Å². The normalized spacial score (nSPS) is 19.7. The molecule has 4 rings (SSSR count). The van der Waals surface area contributed by atoms with Gasteiger partial charge in [0.15, 0.2) is 5.65 Å². The van der Waals surface area contributed by atoms with Crippen LogP contribution in [0, 0.1) is 0 Å². The Hall–Kier alpha value is -2.80. The Bertz CT molecular complexity index is 912. The Morgan fingerprint density at radius 3 is 2.61 bits per heavy atom. The van der Waals surface area contributed by atoms with Gasteiger partial charge in [0.2, 0.25) is 0 Å². The topological polar surface area (TPSA) is 89.5 Å². The predicted molar refractivity (Wildman–Crippen MR) is 112 cm³/mol. The van der Waals surface area contributed by atoms with Crippen molar-refractivity contribution >= 4 is 22.8 Å². The Morgan fingerprint density at radius 1 is 1.14 bits per heavy atom. The van der Waals surface area contributed by atoms with E-state index in [0.717, 1.165) is 54.3 Å². The number of imidazole rings is 1. The van der Waals surface area contributed by atoms with Crippen LogP contribution in [0.2, 0.25) is 0 Å². The molecule has 28 heavy (non-hydrogen) atoms. The molecule has 2 aromatic heterocycles. The molecule has 1 fully saturated rings. The van der Waals surface area contributed by atoms with Crippen molar-refractivity contribution in [2.45, 2.75) is 57.7 Å². The minimum atomic E-state index is 0.159. The third-order valence-electron chi connectivity index (χ3n) is 4.99. The first-order valence-corrected chi connectivity index (χ1v) is 9.97. The van der Waals surface area contributed by atoms with E-state index in [4.69, 9.17) is 10.5 Å². The number of nitrogens with zero attached hydrogens (tertiary/aromatic N) is 3. The molecule has 148 valence electrons. The van der Waals surface area contributed by atoms with Crippen LogP contribution >= 0.6 is 0 Å². The summed E-state index contributed by atoms with van der Waals surface area (Å²) < 4.78 is 7.52. The van der Waals surface area contributed by atoms with E-state index < -0.39 is 0 Å². The van der Waals surface area contributed by atoms with Gasteiger partial charge >= 0.3 is 0 Å². The van der Waals surface area contributed by atoms with Crippen molar-refractivity contribution in [1.82, 2.24) is 14.6 Å². The summed E-state index contributed by atoms with van der Waals surface area (Å²) in [4.78, 5) is 4.44. The Morgan fingerprint density at radius 2 is 1.89 bits per heavy atom. The van der Waals surface area contributed by atoms with Gasteiger partial charge < -0.3 is 21.1 Å². The first-order valence-electron chi connectivity index (χ1n) is 9.97. The number of hydrogen-bond donors (Lipinski definition) is 3. The molecular weight excluding hydrogens is 352 g/mol. The van der Waals surface area contributed by atoms with E-state index in [1.807, 2.05) is 50.4 Å². The van der Waals surface area contributed by atoms with E-state index in [9.17, 15) is 0 Å². The van der Waals surface area contributed by atoms with Crippen LogP contribution in [-0.2, 0) is 0 Å². The number of anilines is 3. The fraction of sp³-hybridized carbons (Fsp3) is 0.429. The molecule has 1 saturated carbocycles. The largest absolute Gasteiger partial charge is 0.491 e. The van der Waals surface area contributed by atoms with Gasteiger partial charge in [0.25, 0.3) is 0 Å². The molecule has 0 spiro atoms. The number of nitrogens with two attached hydrogens (primary N) is 1. The molecule has 0 amide bonds. The molecule has 1 aliphatic rings. The van der Waals surface area contributed by atoms with Crippen LogP contribution in [0.5, 0.6) is 5.75 Å². The van der Waals surface area contributed by atoms with Crippen molar-refractivity contribution in [3.05, 3.63) is 42.7 Å².